The highest BCUT2D eigenvalue weighted by molar-refractivity contribution is 5.87. The maximum Gasteiger partial charge on any atom is 0.333 e. The van der Waals surface area contributed by atoms with Gasteiger partial charge in [-0.3, -0.25) is 0 Å². The molecule has 0 saturated carbocycles. The second-order valence-corrected chi connectivity index (χ2v) is 3.59. The van der Waals surface area contributed by atoms with Gasteiger partial charge in [0.1, 0.15) is 0 Å². The van der Waals surface area contributed by atoms with Crippen molar-refractivity contribution in [2.45, 2.75) is 13.8 Å². The number of nitrogens with one attached hydrogen (secondary N) is 1. The number of methoxy groups -OCH3 is 1. The lowest BCUT2D eigenvalue weighted by molar-refractivity contribution is -0.136. The number of carbonyl (C=O) groups is 1. The van der Waals surface area contributed by atoms with Crippen LogP contribution in [0, 0.1) is 0 Å². The molecule has 0 heterocycles. The Bertz CT molecular complexity index is 259. The van der Waals surface area contributed by atoms with Crippen molar-refractivity contribution in [1.29, 1.82) is 0 Å². The van der Waals surface area contributed by atoms with Crippen LogP contribution in [0.4, 0.5) is 0 Å². The van der Waals surface area contributed by atoms with E-state index < -0.39 is 0 Å². The molecular weight excluding hydrogens is 206 g/mol. The molecule has 0 aromatic heterocycles. The van der Waals surface area contributed by atoms with Crippen LogP contribution in [0.1, 0.15) is 13.8 Å². The second kappa shape index (κ2) is 9.12. The first-order valence-electron chi connectivity index (χ1n) is 5.25. The van der Waals surface area contributed by atoms with Crippen molar-refractivity contribution in [2.75, 3.05) is 33.4 Å². The third kappa shape index (κ3) is 8.20. The lowest BCUT2D eigenvalue weighted by atomic mass is 10.3. The molecule has 0 fully saturated rings. The van der Waals surface area contributed by atoms with Gasteiger partial charge in [0.05, 0.1) is 20.3 Å². The van der Waals surface area contributed by atoms with Crippen LogP contribution in [0.3, 0.4) is 0 Å². The number of esters is 1. The third-order valence-electron chi connectivity index (χ3n) is 1.83. The SMILES string of the molecule is C=C(C)COCCNCC=C(C)C(=O)OC. The van der Waals surface area contributed by atoms with Gasteiger partial charge in [-0.05, 0) is 13.8 Å². The zero-order valence-corrected chi connectivity index (χ0v) is 10.3. The molecular formula is C12H21NO3. The van der Waals surface area contributed by atoms with Gasteiger partial charge in [0.25, 0.3) is 0 Å². The molecule has 4 heteroatoms. The smallest absolute Gasteiger partial charge is 0.333 e. The average Bonchev–Trinajstić information content (AvgIpc) is 2.25. The fraction of sp³-hybridized carbons (Fsp3) is 0.583. The van der Waals surface area contributed by atoms with Crippen molar-refractivity contribution < 1.29 is 14.3 Å². The van der Waals surface area contributed by atoms with Crippen molar-refractivity contribution in [1.82, 2.24) is 5.32 Å². The topological polar surface area (TPSA) is 47.6 Å². The summed E-state index contributed by atoms with van der Waals surface area (Å²) in [7, 11) is 1.37. The molecule has 0 aliphatic heterocycles. The fourth-order valence-electron chi connectivity index (χ4n) is 0.962. The maximum absolute atomic E-state index is 11.0. The fourth-order valence-corrected chi connectivity index (χ4v) is 0.962. The molecule has 0 unspecified atom stereocenters. The van der Waals surface area contributed by atoms with E-state index in [4.69, 9.17) is 4.74 Å². The molecule has 0 amide bonds. The van der Waals surface area contributed by atoms with Gasteiger partial charge in [0.15, 0.2) is 0 Å². The van der Waals surface area contributed by atoms with Gasteiger partial charge in [0.2, 0.25) is 0 Å². The predicted molar refractivity (Wildman–Crippen MR) is 64.3 cm³/mol. The molecule has 0 bridgehead atoms. The Morgan fingerprint density at radius 2 is 2.12 bits per heavy atom. The Morgan fingerprint density at radius 3 is 2.69 bits per heavy atom. The van der Waals surface area contributed by atoms with Gasteiger partial charge < -0.3 is 14.8 Å². The molecule has 16 heavy (non-hydrogen) atoms. The van der Waals surface area contributed by atoms with Gasteiger partial charge in [-0.25, -0.2) is 4.79 Å². The molecule has 0 aromatic carbocycles. The molecule has 0 rings (SSSR count). The highest BCUT2D eigenvalue weighted by atomic mass is 16.5. The molecule has 0 spiro atoms. The summed E-state index contributed by atoms with van der Waals surface area (Å²) < 4.78 is 9.86. The highest BCUT2D eigenvalue weighted by Gasteiger charge is 2.00. The van der Waals surface area contributed by atoms with Crippen LogP contribution in [0.2, 0.25) is 0 Å². The summed E-state index contributed by atoms with van der Waals surface area (Å²) in [5.41, 5.74) is 1.62. The standard InChI is InChI=1S/C12H21NO3/c1-10(2)9-16-8-7-13-6-5-11(3)12(14)15-4/h5,13H,1,6-9H2,2-4H3. The van der Waals surface area contributed by atoms with Crippen molar-refractivity contribution in [3.8, 4) is 0 Å². The highest BCUT2D eigenvalue weighted by Crippen LogP contribution is 1.93. The monoisotopic (exact) mass is 227 g/mol. The Labute approximate surface area is 97.3 Å². The molecule has 92 valence electrons. The van der Waals surface area contributed by atoms with E-state index in [2.05, 4.69) is 16.6 Å². The second-order valence-electron chi connectivity index (χ2n) is 3.59. The van der Waals surface area contributed by atoms with Crippen LogP contribution in [0.15, 0.2) is 23.8 Å². The first kappa shape index (κ1) is 14.9. The van der Waals surface area contributed by atoms with Gasteiger partial charge in [-0.15, -0.1) is 0 Å². The van der Waals surface area contributed by atoms with Gasteiger partial charge in [0, 0.05) is 18.7 Å². The first-order chi connectivity index (χ1) is 7.57. The number of carbonyl (C=O) groups excluding carboxylic acids is 1. The van der Waals surface area contributed by atoms with Crippen LogP contribution >= 0.6 is 0 Å². The van der Waals surface area contributed by atoms with Crippen molar-refractivity contribution >= 4 is 5.97 Å². The summed E-state index contributed by atoms with van der Waals surface area (Å²) in [5, 5.41) is 3.13. The predicted octanol–water partition coefficient (Wildman–Crippen LogP) is 1.29. The van der Waals surface area contributed by atoms with E-state index in [0.29, 0.717) is 25.3 Å². The van der Waals surface area contributed by atoms with Crippen LogP contribution in [0.25, 0.3) is 0 Å². The van der Waals surface area contributed by atoms with Gasteiger partial charge >= 0.3 is 5.97 Å². The van der Waals surface area contributed by atoms with E-state index in [9.17, 15) is 4.79 Å². The zero-order valence-electron chi connectivity index (χ0n) is 10.3. The van der Waals surface area contributed by atoms with E-state index >= 15 is 0 Å². The Hall–Kier alpha value is -1.13. The summed E-state index contributed by atoms with van der Waals surface area (Å²) in [6, 6.07) is 0. The minimum Gasteiger partial charge on any atom is -0.466 e. The molecule has 0 aliphatic carbocycles. The quantitative estimate of drug-likeness (QED) is 0.294. The van der Waals surface area contributed by atoms with Crippen LogP contribution in [-0.2, 0) is 14.3 Å². The molecule has 1 N–H and O–H groups in total. The largest absolute Gasteiger partial charge is 0.466 e. The number of rotatable bonds is 8. The molecule has 0 saturated heterocycles. The Balaban J connectivity index is 3.46. The van der Waals surface area contributed by atoms with Crippen LogP contribution < -0.4 is 5.32 Å². The molecule has 4 nitrogen and oxygen atoms in total. The normalized spacial score (nSPS) is 11.3. The minimum atomic E-state index is -0.291. The van der Waals surface area contributed by atoms with E-state index in [-0.39, 0.29) is 5.97 Å². The number of hydrogen-bond donors (Lipinski definition) is 1. The van der Waals surface area contributed by atoms with Crippen molar-refractivity contribution in [2.24, 2.45) is 0 Å². The van der Waals surface area contributed by atoms with E-state index in [1.54, 1.807) is 13.0 Å². The molecule has 0 radical (unpaired) electrons. The van der Waals surface area contributed by atoms with E-state index in [1.807, 2.05) is 6.92 Å². The average molecular weight is 227 g/mol. The summed E-state index contributed by atoms with van der Waals surface area (Å²) in [6.45, 7) is 10.0. The van der Waals surface area contributed by atoms with Crippen molar-refractivity contribution in [3.63, 3.8) is 0 Å². The maximum atomic E-state index is 11.0. The van der Waals surface area contributed by atoms with Crippen LogP contribution in [0.5, 0.6) is 0 Å². The third-order valence-corrected chi connectivity index (χ3v) is 1.83. The lowest BCUT2D eigenvalue weighted by Gasteiger charge is -2.04. The zero-order chi connectivity index (χ0) is 12.4. The summed E-state index contributed by atoms with van der Waals surface area (Å²) in [6.07, 6.45) is 1.80. The Kier molecular flexibility index (Phi) is 8.48. The first-order valence-corrected chi connectivity index (χ1v) is 5.25. The summed E-state index contributed by atoms with van der Waals surface area (Å²) in [4.78, 5) is 11.0. The van der Waals surface area contributed by atoms with Gasteiger partial charge in [-0.2, -0.15) is 0 Å². The lowest BCUT2D eigenvalue weighted by Crippen LogP contribution is -2.20. The van der Waals surface area contributed by atoms with Crippen molar-refractivity contribution in [3.05, 3.63) is 23.8 Å². The number of hydrogen-bond acceptors (Lipinski definition) is 4. The minimum absolute atomic E-state index is 0.291. The molecule has 0 aromatic rings. The van der Waals surface area contributed by atoms with Gasteiger partial charge in [-0.1, -0.05) is 18.2 Å². The van der Waals surface area contributed by atoms with Crippen LogP contribution in [-0.4, -0.2) is 39.4 Å². The Morgan fingerprint density at radius 1 is 1.44 bits per heavy atom. The van der Waals surface area contributed by atoms with E-state index in [0.717, 1.165) is 12.1 Å². The molecule has 0 atom stereocenters. The summed E-state index contributed by atoms with van der Waals surface area (Å²) in [5.74, 6) is -0.291. The number of ether oxygens (including phenoxy) is 2. The molecule has 0 aliphatic rings. The van der Waals surface area contributed by atoms with E-state index in [1.165, 1.54) is 7.11 Å². The summed E-state index contributed by atoms with van der Waals surface area (Å²) >= 11 is 0.